The van der Waals surface area contributed by atoms with E-state index < -0.39 is 11.6 Å². The summed E-state index contributed by atoms with van der Waals surface area (Å²) in [6, 6.07) is 12.9. The molecule has 0 unspecified atom stereocenters. The van der Waals surface area contributed by atoms with Gasteiger partial charge in [-0.25, -0.2) is 4.79 Å². The highest BCUT2D eigenvalue weighted by Gasteiger charge is 2.26. The predicted octanol–water partition coefficient (Wildman–Crippen LogP) is 5.88. The molecule has 162 valence electrons. The standard InChI is InChI=1S/C24H32N2O4/c1-6-17(15-22(27)28)18-10-13-20(24(4,5)30-7-2)21(14-18)26-23(29)25-19-11-8-16(3)9-12-19/h8-14,17H,6-7,15H2,1-5H3,(H,27,28)(H2,25,26,29)/t17-/m1/s1. The van der Waals surface area contributed by atoms with Crippen molar-refractivity contribution in [3.05, 3.63) is 59.2 Å². The Morgan fingerprint density at radius 3 is 2.30 bits per heavy atom. The average Bonchev–Trinajstić information content (AvgIpc) is 2.67. The molecule has 0 aliphatic heterocycles. The largest absolute Gasteiger partial charge is 0.481 e. The van der Waals surface area contributed by atoms with Crippen LogP contribution in [0.4, 0.5) is 16.2 Å². The van der Waals surface area contributed by atoms with Gasteiger partial charge >= 0.3 is 12.0 Å². The Hall–Kier alpha value is -2.86. The summed E-state index contributed by atoms with van der Waals surface area (Å²) in [4.78, 5) is 23.9. The lowest BCUT2D eigenvalue weighted by atomic mass is 9.88. The van der Waals surface area contributed by atoms with Crippen molar-refractivity contribution in [3.63, 3.8) is 0 Å². The zero-order chi connectivity index (χ0) is 22.3. The van der Waals surface area contributed by atoms with Gasteiger partial charge in [0.05, 0.1) is 12.0 Å². The normalized spacial score (nSPS) is 12.3. The molecule has 0 bridgehead atoms. The Morgan fingerprint density at radius 1 is 1.07 bits per heavy atom. The van der Waals surface area contributed by atoms with Crippen LogP contribution in [-0.4, -0.2) is 23.7 Å². The second-order valence-corrected chi connectivity index (χ2v) is 7.90. The summed E-state index contributed by atoms with van der Waals surface area (Å²) in [7, 11) is 0. The highest BCUT2D eigenvalue weighted by atomic mass is 16.5. The number of carbonyl (C=O) groups is 2. The third kappa shape index (κ3) is 6.32. The van der Waals surface area contributed by atoms with Crippen molar-refractivity contribution < 1.29 is 19.4 Å². The second kappa shape index (κ2) is 10.3. The monoisotopic (exact) mass is 412 g/mol. The summed E-state index contributed by atoms with van der Waals surface area (Å²) in [5.41, 5.74) is 3.50. The number of hydrogen-bond acceptors (Lipinski definition) is 3. The Balaban J connectivity index is 2.36. The van der Waals surface area contributed by atoms with Gasteiger partial charge in [-0.2, -0.15) is 0 Å². The first-order chi connectivity index (χ1) is 14.2. The molecule has 6 nitrogen and oxygen atoms in total. The molecule has 3 N–H and O–H groups in total. The van der Waals surface area contributed by atoms with Gasteiger partial charge in [0.2, 0.25) is 0 Å². The molecular formula is C24H32N2O4. The highest BCUT2D eigenvalue weighted by Crippen LogP contribution is 2.35. The molecule has 30 heavy (non-hydrogen) atoms. The summed E-state index contributed by atoms with van der Waals surface area (Å²) in [6.07, 6.45) is 0.731. The van der Waals surface area contributed by atoms with E-state index in [4.69, 9.17) is 4.74 Å². The van der Waals surface area contributed by atoms with Gasteiger partial charge in [0.1, 0.15) is 0 Å². The van der Waals surface area contributed by atoms with Crippen LogP contribution in [0.2, 0.25) is 0 Å². The number of carbonyl (C=O) groups excluding carboxylic acids is 1. The minimum absolute atomic E-state index is 0.0414. The molecule has 0 fully saturated rings. The van der Waals surface area contributed by atoms with E-state index in [9.17, 15) is 14.7 Å². The number of carboxylic acids is 1. The Labute approximate surface area is 178 Å². The van der Waals surface area contributed by atoms with Gasteiger partial charge in [-0.1, -0.05) is 36.8 Å². The van der Waals surface area contributed by atoms with Crippen molar-refractivity contribution in [2.24, 2.45) is 0 Å². The zero-order valence-corrected chi connectivity index (χ0v) is 18.4. The van der Waals surface area contributed by atoms with Crippen molar-refractivity contribution in [2.75, 3.05) is 17.2 Å². The van der Waals surface area contributed by atoms with Gasteiger partial charge < -0.3 is 20.5 Å². The molecule has 0 spiro atoms. The quantitative estimate of drug-likeness (QED) is 0.480. The first-order valence-corrected chi connectivity index (χ1v) is 10.3. The molecule has 1 atom stereocenters. The number of carboxylic acid groups (broad SMARTS) is 1. The van der Waals surface area contributed by atoms with Crippen LogP contribution in [0.25, 0.3) is 0 Å². The lowest BCUT2D eigenvalue weighted by Crippen LogP contribution is -2.26. The molecule has 0 radical (unpaired) electrons. The van der Waals surface area contributed by atoms with Crippen LogP contribution in [-0.2, 0) is 15.1 Å². The number of urea groups is 1. The fraction of sp³-hybridized carbons (Fsp3) is 0.417. The molecule has 2 aromatic carbocycles. The van der Waals surface area contributed by atoms with Crippen LogP contribution >= 0.6 is 0 Å². The number of benzene rings is 2. The zero-order valence-electron chi connectivity index (χ0n) is 18.4. The number of ether oxygens (including phenoxy) is 1. The van der Waals surface area contributed by atoms with Crippen LogP contribution in [0.15, 0.2) is 42.5 Å². The number of amides is 2. The summed E-state index contributed by atoms with van der Waals surface area (Å²) < 4.78 is 5.89. The predicted molar refractivity (Wildman–Crippen MR) is 120 cm³/mol. The van der Waals surface area contributed by atoms with Crippen LogP contribution in [0.5, 0.6) is 0 Å². The molecule has 2 aromatic rings. The SMILES string of the molecule is CCOC(C)(C)c1ccc([C@H](CC)CC(=O)O)cc1NC(=O)Nc1ccc(C)cc1. The first-order valence-electron chi connectivity index (χ1n) is 10.3. The van der Waals surface area contributed by atoms with Crippen molar-refractivity contribution in [1.29, 1.82) is 0 Å². The van der Waals surface area contributed by atoms with E-state index >= 15 is 0 Å². The molecule has 0 aromatic heterocycles. The van der Waals surface area contributed by atoms with E-state index in [0.29, 0.717) is 24.4 Å². The van der Waals surface area contributed by atoms with Crippen LogP contribution in [0.3, 0.4) is 0 Å². The van der Waals surface area contributed by atoms with Crippen LogP contribution in [0, 0.1) is 6.92 Å². The van der Waals surface area contributed by atoms with E-state index in [2.05, 4.69) is 10.6 Å². The smallest absolute Gasteiger partial charge is 0.323 e. The van der Waals surface area contributed by atoms with E-state index in [1.165, 1.54) is 0 Å². The summed E-state index contributed by atoms with van der Waals surface area (Å²) in [5, 5.41) is 15.0. The first kappa shape index (κ1) is 23.4. The Kier molecular flexibility index (Phi) is 8.00. The molecule has 6 heteroatoms. The number of anilines is 2. The third-order valence-corrected chi connectivity index (χ3v) is 5.14. The molecular weight excluding hydrogens is 380 g/mol. The fourth-order valence-electron chi connectivity index (χ4n) is 3.51. The van der Waals surface area contributed by atoms with E-state index in [1.54, 1.807) is 0 Å². The molecule has 0 saturated carbocycles. The van der Waals surface area contributed by atoms with Crippen molar-refractivity contribution in [1.82, 2.24) is 0 Å². The number of hydrogen-bond donors (Lipinski definition) is 3. The number of aryl methyl sites for hydroxylation is 1. The fourth-order valence-corrected chi connectivity index (χ4v) is 3.51. The van der Waals surface area contributed by atoms with Gasteiger partial charge in [-0.05, 0) is 63.8 Å². The third-order valence-electron chi connectivity index (χ3n) is 5.14. The lowest BCUT2D eigenvalue weighted by molar-refractivity contribution is -0.137. The number of rotatable bonds is 9. The molecule has 2 amide bonds. The minimum atomic E-state index is -0.841. The Bertz CT molecular complexity index is 875. The van der Waals surface area contributed by atoms with Gasteiger partial charge in [0, 0.05) is 23.5 Å². The molecule has 0 saturated heterocycles. The second-order valence-electron chi connectivity index (χ2n) is 7.90. The number of aliphatic carboxylic acids is 1. The molecule has 0 aliphatic carbocycles. The van der Waals surface area contributed by atoms with E-state index in [-0.39, 0.29) is 18.4 Å². The molecule has 0 heterocycles. The summed E-state index contributed by atoms with van der Waals surface area (Å²) in [5.74, 6) is -0.973. The van der Waals surface area contributed by atoms with Gasteiger partial charge in [0.15, 0.2) is 0 Å². The van der Waals surface area contributed by atoms with Gasteiger partial charge in [0.25, 0.3) is 0 Å². The summed E-state index contributed by atoms with van der Waals surface area (Å²) >= 11 is 0. The van der Waals surface area contributed by atoms with Crippen LogP contribution in [0.1, 0.15) is 63.1 Å². The lowest BCUT2D eigenvalue weighted by Gasteiger charge is -2.29. The van der Waals surface area contributed by atoms with Crippen molar-refractivity contribution >= 4 is 23.4 Å². The van der Waals surface area contributed by atoms with Gasteiger partial charge in [-0.15, -0.1) is 0 Å². The topological polar surface area (TPSA) is 87.7 Å². The maximum atomic E-state index is 12.7. The highest BCUT2D eigenvalue weighted by molar-refractivity contribution is 6.00. The van der Waals surface area contributed by atoms with E-state index in [0.717, 1.165) is 16.7 Å². The average molecular weight is 413 g/mol. The molecule has 0 aliphatic rings. The van der Waals surface area contributed by atoms with Crippen LogP contribution < -0.4 is 10.6 Å². The maximum absolute atomic E-state index is 12.7. The minimum Gasteiger partial charge on any atom is -0.481 e. The Morgan fingerprint density at radius 2 is 1.73 bits per heavy atom. The summed E-state index contributed by atoms with van der Waals surface area (Å²) in [6.45, 7) is 10.3. The van der Waals surface area contributed by atoms with E-state index in [1.807, 2.05) is 77.1 Å². The van der Waals surface area contributed by atoms with Crippen molar-refractivity contribution in [2.45, 2.75) is 59.0 Å². The molecule has 2 rings (SSSR count). The maximum Gasteiger partial charge on any atom is 0.323 e. The van der Waals surface area contributed by atoms with Gasteiger partial charge in [-0.3, -0.25) is 4.79 Å². The number of nitrogens with one attached hydrogen (secondary N) is 2. The van der Waals surface area contributed by atoms with Crippen molar-refractivity contribution in [3.8, 4) is 0 Å².